The van der Waals surface area contributed by atoms with Crippen LogP contribution in [0.4, 0.5) is 0 Å². The molecule has 1 aromatic heterocycles. The first-order valence-electron chi connectivity index (χ1n) is 8.51. The van der Waals surface area contributed by atoms with Gasteiger partial charge < -0.3 is 9.88 Å². The number of hydrogen-bond acceptors (Lipinski definition) is 5. The van der Waals surface area contributed by atoms with Crippen LogP contribution in [0.15, 0.2) is 52.8 Å². The highest BCUT2D eigenvalue weighted by Crippen LogP contribution is 2.19. The van der Waals surface area contributed by atoms with E-state index in [1.807, 2.05) is 30.3 Å². The third-order valence-corrected chi connectivity index (χ3v) is 7.06. The Hall–Kier alpha value is -1.84. The molecule has 0 aliphatic carbocycles. The number of carbonyl (C=O) groups excluding carboxylic acids is 1. The molecule has 0 spiro atoms. The van der Waals surface area contributed by atoms with Crippen molar-refractivity contribution < 1.29 is 13.2 Å². The highest BCUT2D eigenvalue weighted by Gasteiger charge is 2.28. The van der Waals surface area contributed by atoms with Gasteiger partial charge in [0.15, 0.2) is 5.03 Å². The first-order chi connectivity index (χ1) is 12.6. The normalized spacial score (nSPS) is 16.4. The van der Waals surface area contributed by atoms with Crippen LogP contribution in [0, 0.1) is 0 Å². The minimum atomic E-state index is -3.57. The number of aromatic amines is 1. The molecule has 0 atom stereocenters. The summed E-state index contributed by atoms with van der Waals surface area (Å²) in [4.78, 5) is 21.8. The Labute approximate surface area is 157 Å². The predicted octanol–water partition coefficient (Wildman–Crippen LogP) is 1.82. The van der Waals surface area contributed by atoms with Gasteiger partial charge in [-0.1, -0.05) is 18.2 Å². The lowest BCUT2D eigenvalue weighted by atomic mass is 10.3. The predicted molar refractivity (Wildman–Crippen MR) is 100 cm³/mol. The first kappa shape index (κ1) is 18.9. The number of hydrogen-bond donors (Lipinski definition) is 1. The van der Waals surface area contributed by atoms with Crippen molar-refractivity contribution >= 4 is 27.7 Å². The number of H-pyrrole nitrogens is 1. The fourth-order valence-electron chi connectivity index (χ4n) is 2.84. The maximum atomic E-state index is 12.6. The minimum Gasteiger partial charge on any atom is -0.341 e. The van der Waals surface area contributed by atoms with Crippen molar-refractivity contribution in [1.82, 2.24) is 19.2 Å². The fourth-order valence-corrected chi connectivity index (χ4v) is 5.07. The van der Waals surface area contributed by atoms with Gasteiger partial charge in [-0.05, 0) is 18.6 Å². The van der Waals surface area contributed by atoms with Gasteiger partial charge in [0.2, 0.25) is 5.91 Å². The van der Waals surface area contributed by atoms with Crippen LogP contribution in [0.1, 0.15) is 12.8 Å². The number of aromatic nitrogens is 2. The number of carbonyl (C=O) groups is 1. The molecular formula is C17H22N4O3S2. The van der Waals surface area contributed by atoms with E-state index in [9.17, 15) is 13.2 Å². The summed E-state index contributed by atoms with van der Waals surface area (Å²) in [5.41, 5.74) is 0. The third-order valence-electron chi connectivity index (χ3n) is 4.23. The largest absolute Gasteiger partial charge is 0.341 e. The molecule has 0 saturated carbocycles. The van der Waals surface area contributed by atoms with Crippen molar-refractivity contribution in [2.24, 2.45) is 0 Å². The number of thioether (sulfide) groups is 1. The molecule has 1 aliphatic rings. The smallest absolute Gasteiger partial charge is 0.260 e. The summed E-state index contributed by atoms with van der Waals surface area (Å²) in [6.07, 6.45) is 3.74. The van der Waals surface area contributed by atoms with E-state index in [4.69, 9.17) is 0 Å². The Balaban J connectivity index is 1.51. The van der Waals surface area contributed by atoms with Gasteiger partial charge in [-0.15, -0.1) is 11.8 Å². The Bertz CT molecular complexity index is 810. The second-order valence-electron chi connectivity index (χ2n) is 5.97. The molecule has 2 heterocycles. The Morgan fingerprint density at radius 3 is 2.69 bits per heavy atom. The summed E-state index contributed by atoms with van der Waals surface area (Å²) in [5.74, 6) is 0.796. The molecule has 1 N–H and O–H groups in total. The van der Waals surface area contributed by atoms with Crippen LogP contribution < -0.4 is 0 Å². The van der Waals surface area contributed by atoms with E-state index in [0.29, 0.717) is 39.0 Å². The van der Waals surface area contributed by atoms with Crippen molar-refractivity contribution in [3.8, 4) is 0 Å². The lowest BCUT2D eigenvalue weighted by Gasteiger charge is -2.21. The van der Waals surface area contributed by atoms with Crippen LogP contribution >= 0.6 is 11.8 Å². The average molecular weight is 395 g/mol. The van der Waals surface area contributed by atoms with Gasteiger partial charge in [-0.2, -0.15) is 4.31 Å². The van der Waals surface area contributed by atoms with Gasteiger partial charge in [0, 0.05) is 43.2 Å². The van der Waals surface area contributed by atoms with Crippen LogP contribution in [-0.4, -0.2) is 65.4 Å². The molecule has 1 fully saturated rings. The van der Waals surface area contributed by atoms with E-state index < -0.39 is 10.0 Å². The summed E-state index contributed by atoms with van der Waals surface area (Å²) in [6, 6.07) is 9.98. The maximum Gasteiger partial charge on any atom is 0.260 e. The molecule has 9 heteroatoms. The van der Waals surface area contributed by atoms with E-state index in [-0.39, 0.29) is 10.9 Å². The number of rotatable bonds is 6. The Morgan fingerprint density at radius 1 is 1.15 bits per heavy atom. The van der Waals surface area contributed by atoms with Crippen LogP contribution in [0.25, 0.3) is 0 Å². The van der Waals surface area contributed by atoms with Gasteiger partial charge in [0.25, 0.3) is 10.0 Å². The Morgan fingerprint density at radius 2 is 1.96 bits per heavy atom. The topological polar surface area (TPSA) is 86.4 Å². The molecular weight excluding hydrogens is 372 g/mol. The van der Waals surface area contributed by atoms with Crippen molar-refractivity contribution in [3.63, 3.8) is 0 Å². The molecule has 140 valence electrons. The first-order valence-corrected chi connectivity index (χ1v) is 10.9. The zero-order valence-corrected chi connectivity index (χ0v) is 16.0. The van der Waals surface area contributed by atoms with Crippen LogP contribution in [-0.2, 0) is 14.8 Å². The molecule has 2 aromatic rings. The van der Waals surface area contributed by atoms with Crippen LogP contribution in [0.3, 0.4) is 0 Å². The summed E-state index contributed by atoms with van der Waals surface area (Å²) < 4.78 is 26.5. The maximum absolute atomic E-state index is 12.6. The number of nitrogens with zero attached hydrogens (tertiary/aromatic N) is 3. The van der Waals surface area contributed by atoms with Crippen molar-refractivity contribution in [2.45, 2.75) is 22.8 Å². The second kappa shape index (κ2) is 8.70. The van der Waals surface area contributed by atoms with Crippen molar-refractivity contribution in [3.05, 3.63) is 42.9 Å². The molecule has 3 rings (SSSR count). The van der Waals surface area contributed by atoms with E-state index in [2.05, 4.69) is 9.97 Å². The lowest BCUT2D eigenvalue weighted by molar-refractivity contribution is -0.130. The zero-order valence-electron chi connectivity index (χ0n) is 14.4. The highest BCUT2D eigenvalue weighted by molar-refractivity contribution is 7.99. The Kier molecular flexibility index (Phi) is 6.33. The van der Waals surface area contributed by atoms with Crippen LogP contribution in [0.5, 0.6) is 0 Å². The number of amides is 1. The van der Waals surface area contributed by atoms with Crippen LogP contribution in [0.2, 0.25) is 0 Å². The van der Waals surface area contributed by atoms with Gasteiger partial charge >= 0.3 is 0 Å². The van der Waals surface area contributed by atoms with E-state index in [1.54, 1.807) is 16.7 Å². The average Bonchev–Trinajstić information content (AvgIpc) is 3.07. The molecule has 0 bridgehead atoms. The number of imidazole rings is 1. The lowest BCUT2D eigenvalue weighted by Crippen LogP contribution is -2.37. The summed E-state index contributed by atoms with van der Waals surface area (Å²) in [7, 11) is -3.57. The molecule has 26 heavy (non-hydrogen) atoms. The summed E-state index contributed by atoms with van der Waals surface area (Å²) >= 11 is 1.66. The molecule has 1 aromatic carbocycles. The van der Waals surface area contributed by atoms with Crippen molar-refractivity contribution in [1.29, 1.82) is 0 Å². The van der Waals surface area contributed by atoms with Gasteiger partial charge in [0.05, 0.1) is 12.5 Å². The van der Waals surface area contributed by atoms with Gasteiger partial charge in [0.1, 0.15) is 0 Å². The van der Waals surface area contributed by atoms with E-state index >= 15 is 0 Å². The number of nitrogens with one attached hydrogen (secondary N) is 1. The van der Waals surface area contributed by atoms with E-state index in [0.717, 1.165) is 10.6 Å². The number of sulfonamides is 1. The standard InChI is InChI=1S/C17H22N4O3S2/c22-17(7-12-25-15-5-2-1-3-6-15)20-8-4-9-21(11-10-20)26(23,24)16-13-18-14-19-16/h1-3,5-6,13-14H,4,7-12H2,(H,18,19). The molecule has 7 nitrogen and oxygen atoms in total. The molecule has 0 unspecified atom stereocenters. The van der Waals surface area contributed by atoms with Gasteiger partial charge in [-0.3, -0.25) is 4.79 Å². The molecule has 1 amide bonds. The molecule has 0 radical (unpaired) electrons. The van der Waals surface area contributed by atoms with Gasteiger partial charge in [-0.25, -0.2) is 13.4 Å². The SMILES string of the molecule is O=C(CCSc1ccccc1)N1CCCN(S(=O)(=O)c2cnc[nH]2)CC1. The monoisotopic (exact) mass is 394 g/mol. The summed E-state index contributed by atoms with van der Waals surface area (Å²) in [5, 5.41) is 0.0940. The third kappa shape index (κ3) is 4.66. The second-order valence-corrected chi connectivity index (χ2v) is 9.04. The molecule has 1 aliphatic heterocycles. The molecule has 1 saturated heterocycles. The highest BCUT2D eigenvalue weighted by atomic mass is 32.2. The minimum absolute atomic E-state index is 0.0780. The van der Waals surface area contributed by atoms with Crippen molar-refractivity contribution in [2.75, 3.05) is 31.9 Å². The number of benzene rings is 1. The quantitative estimate of drug-likeness (QED) is 0.755. The van der Waals surface area contributed by atoms with E-state index in [1.165, 1.54) is 16.8 Å². The summed E-state index contributed by atoms with van der Waals surface area (Å²) in [6.45, 7) is 1.72. The fraction of sp³-hybridized carbons (Fsp3) is 0.412. The zero-order chi connectivity index (χ0) is 18.4.